The second-order valence-electron chi connectivity index (χ2n) is 5.63. The molecule has 0 aromatic heterocycles. The van der Waals surface area contributed by atoms with Crippen molar-refractivity contribution in [3.8, 4) is 11.5 Å². The first-order valence-electron chi connectivity index (χ1n) is 8.22. The molecule has 4 N–H and O–H groups in total. The zero-order valence-corrected chi connectivity index (χ0v) is 17.6. The van der Waals surface area contributed by atoms with Crippen molar-refractivity contribution in [3.05, 3.63) is 59.4 Å². The van der Waals surface area contributed by atoms with Crippen LogP contribution < -0.4 is 20.5 Å². The van der Waals surface area contributed by atoms with Crippen molar-refractivity contribution in [2.45, 2.75) is 12.5 Å². The van der Waals surface area contributed by atoms with Crippen LogP contribution in [0.15, 0.2) is 47.5 Å². The molecule has 0 saturated carbocycles. The van der Waals surface area contributed by atoms with Crippen molar-refractivity contribution in [3.63, 3.8) is 0 Å². The summed E-state index contributed by atoms with van der Waals surface area (Å²) < 4.78 is 24.1. The lowest BCUT2D eigenvalue weighted by atomic mass is 10.1. The van der Waals surface area contributed by atoms with Gasteiger partial charge in [-0.15, -0.1) is 24.0 Å². The van der Waals surface area contributed by atoms with Gasteiger partial charge in [0.1, 0.15) is 11.9 Å². The number of nitrogens with one attached hydrogen (secondary N) is 1. The van der Waals surface area contributed by atoms with Gasteiger partial charge in [-0.05, 0) is 30.2 Å². The van der Waals surface area contributed by atoms with Crippen LogP contribution in [-0.2, 0) is 6.42 Å². The molecule has 2 aromatic rings. The Kier molecular flexibility index (Phi) is 9.87. The number of hydrogen-bond acceptors (Lipinski definition) is 4. The number of aliphatic imine (C=N–C) groups is 1. The van der Waals surface area contributed by atoms with Crippen molar-refractivity contribution < 1.29 is 19.0 Å². The lowest BCUT2D eigenvalue weighted by Gasteiger charge is -2.11. The molecule has 0 aliphatic carbocycles. The zero-order valence-electron chi connectivity index (χ0n) is 15.3. The highest BCUT2D eigenvalue weighted by Crippen LogP contribution is 2.27. The van der Waals surface area contributed by atoms with Gasteiger partial charge >= 0.3 is 0 Å². The van der Waals surface area contributed by atoms with Gasteiger partial charge in [0.25, 0.3) is 0 Å². The van der Waals surface area contributed by atoms with E-state index in [0.29, 0.717) is 24.5 Å². The van der Waals surface area contributed by atoms with E-state index in [0.717, 1.165) is 5.56 Å². The van der Waals surface area contributed by atoms with E-state index < -0.39 is 11.9 Å². The molecule has 6 nitrogen and oxygen atoms in total. The Bertz CT molecular complexity index is 759. The molecule has 0 heterocycles. The Balaban J connectivity index is 0.00000364. The molecule has 0 fully saturated rings. The Morgan fingerprint density at radius 2 is 1.89 bits per heavy atom. The number of guanidine groups is 1. The Labute approximate surface area is 175 Å². The van der Waals surface area contributed by atoms with Crippen molar-refractivity contribution in [2.24, 2.45) is 10.7 Å². The maximum Gasteiger partial charge on any atom is 0.188 e. The number of methoxy groups -OCH3 is 2. The first kappa shape index (κ1) is 23.0. The summed E-state index contributed by atoms with van der Waals surface area (Å²) in [5, 5.41) is 13.0. The lowest BCUT2D eigenvalue weighted by molar-refractivity contribution is 0.182. The number of nitrogens with zero attached hydrogens (tertiary/aromatic N) is 1. The number of nitrogens with two attached hydrogens (primary N) is 1. The molecule has 27 heavy (non-hydrogen) atoms. The van der Waals surface area contributed by atoms with Crippen LogP contribution in [0, 0.1) is 5.82 Å². The normalized spacial score (nSPS) is 12.1. The predicted molar refractivity (Wildman–Crippen MR) is 115 cm³/mol. The van der Waals surface area contributed by atoms with E-state index in [1.165, 1.54) is 12.1 Å². The van der Waals surface area contributed by atoms with Gasteiger partial charge in [-0.1, -0.05) is 24.3 Å². The molecule has 8 heteroatoms. The van der Waals surface area contributed by atoms with Gasteiger partial charge < -0.3 is 25.6 Å². The quantitative estimate of drug-likeness (QED) is 0.302. The Morgan fingerprint density at radius 3 is 2.56 bits per heavy atom. The van der Waals surface area contributed by atoms with Crippen molar-refractivity contribution >= 4 is 29.9 Å². The number of rotatable bonds is 8. The van der Waals surface area contributed by atoms with Crippen molar-refractivity contribution in [1.82, 2.24) is 5.32 Å². The summed E-state index contributed by atoms with van der Waals surface area (Å²) in [6, 6.07) is 11.7. The largest absolute Gasteiger partial charge is 0.493 e. The summed E-state index contributed by atoms with van der Waals surface area (Å²) in [5.74, 6) is 1.07. The van der Waals surface area contributed by atoms with E-state index in [4.69, 9.17) is 15.2 Å². The van der Waals surface area contributed by atoms with Crippen LogP contribution in [0.2, 0.25) is 0 Å². The number of aliphatic hydroxyl groups excluding tert-OH is 1. The average molecular weight is 489 g/mol. The second kappa shape index (κ2) is 11.6. The molecule has 0 aliphatic rings. The molecule has 1 atom stereocenters. The average Bonchev–Trinajstić information content (AvgIpc) is 2.66. The number of ether oxygens (including phenoxy) is 2. The molecule has 0 amide bonds. The van der Waals surface area contributed by atoms with Gasteiger partial charge in [0.2, 0.25) is 0 Å². The number of hydrogen-bond donors (Lipinski definition) is 3. The number of benzene rings is 2. The molecule has 0 bridgehead atoms. The molecule has 0 spiro atoms. The summed E-state index contributed by atoms with van der Waals surface area (Å²) in [6.45, 7) is 0.538. The fourth-order valence-corrected chi connectivity index (χ4v) is 2.46. The van der Waals surface area contributed by atoms with Crippen LogP contribution >= 0.6 is 24.0 Å². The summed E-state index contributed by atoms with van der Waals surface area (Å²) in [7, 11) is 3.18. The topological polar surface area (TPSA) is 89.1 Å². The van der Waals surface area contributed by atoms with Crippen molar-refractivity contribution in [2.75, 3.05) is 27.3 Å². The van der Waals surface area contributed by atoms with Gasteiger partial charge in [0.15, 0.2) is 17.5 Å². The van der Waals surface area contributed by atoms with Gasteiger partial charge in [-0.25, -0.2) is 4.39 Å². The molecular weight excluding hydrogens is 464 g/mol. The van der Waals surface area contributed by atoms with Crippen LogP contribution in [0.1, 0.15) is 17.2 Å². The predicted octanol–water partition coefficient (Wildman–Crippen LogP) is 2.64. The van der Waals surface area contributed by atoms with Gasteiger partial charge in [-0.2, -0.15) is 0 Å². The van der Waals surface area contributed by atoms with Crippen molar-refractivity contribution in [1.29, 1.82) is 0 Å². The lowest BCUT2D eigenvalue weighted by Crippen LogP contribution is -2.33. The molecule has 2 aromatic carbocycles. The Morgan fingerprint density at radius 1 is 1.19 bits per heavy atom. The standard InChI is InChI=1S/C19H24FN3O3.HI/c1-25-17-8-7-13(11-18(17)26-2)9-10-22-19(21)23-12-16(24)14-5-3-4-6-15(14)20;/h3-8,11,16,24H,9-10,12H2,1-2H3,(H3,21,22,23);1H. The molecule has 2 rings (SSSR count). The van der Waals surface area contributed by atoms with E-state index >= 15 is 0 Å². The number of halogens is 2. The summed E-state index contributed by atoms with van der Waals surface area (Å²) in [5.41, 5.74) is 7.05. The third-order valence-electron chi connectivity index (χ3n) is 3.87. The van der Waals surface area contributed by atoms with E-state index in [1.54, 1.807) is 26.4 Å². The first-order chi connectivity index (χ1) is 12.5. The minimum absolute atomic E-state index is 0. The smallest absolute Gasteiger partial charge is 0.188 e. The molecule has 0 saturated heterocycles. The molecular formula is C19H25FIN3O3. The SMILES string of the molecule is COc1ccc(CCNC(N)=NCC(O)c2ccccc2F)cc1OC.I. The highest BCUT2D eigenvalue weighted by molar-refractivity contribution is 14.0. The highest BCUT2D eigenvalue weighted by atomic mass is 127. The summed E-state index contributed by atoms with van der Waals surface area (Å²) >= 11 is 0. The van der Waals surface area contributed by atoms with E-state index in [2.05, 4.69) is 10.3 Å². The molecule has 148 valence electrons. The fourth-order valence-electron chi connectivity index (χ4n) is 2.46. The van der Waals surface area contributed by atoms with E-state index in [-0.39, 0.29) is 42.0 Å². The second-order valence-corrected chi connectivity index (χ2v) is 5.63. The minimum atomic E-state index is -1.04. The van der Waals surface area contributed by atoms with E-state index in [9.17, 15) is 9.50 Å². The van der Waals surface area contributed by atoms with Crippen LogP contribution in [0.25, 0.3) is 0 Å². The zero-order chi connectivity index (χ0) is 18.9. The first-order valence-corrected chi connectivity index (χ1v) is 8.22. The summed E-state index contributed by atoms with van der Waals surface area (Å²) in [4.78, 5) is 4.06. The maximum absolute atomic E-state index is 13.6. The van der Waals surface area contributed by atoms with Crippen LogP contribution in [0.3, 0.4) is 0 Å². The fraction of sp³-hybridized carbons (Fsp3) is 0.316. The molecule has 0 aliphatic heterocycles. The minimum Gasteiger partial charge on any atom is -0.493 e. The molecule has 1 unspecified atom stereocenters. The van der Waals surface area contributed by atoms with Gasteiger partial charge in [0.05, 0.1) is 20.8 Å². The highest BCUT2D eigenvalue weighted by Gasteiger charge is 2.11. The number of aliphatic hydroxyl groups is 1. The van der Waals surface area contributed by atoms with E-state index in [1.807, 2.05) is 18.2 Å². The maximum atomic E-state index is 13.6. The molecule has 0 radical (unpaired) electrons. The van der Waals surface area contributed by atoms with Crippen LogP contribution in [0.4, 0.5) is 4.39 Å². The monoisotopic (exact) mass is 489 g/mol. The van der Waals surface area contributed by atoms with Gasteiger partial charge in [0, 0.05) is 12.1 Å². The van der Waals surface area contributed by atoms with Gasteiger partial charge in [-0.3, -0.25) is 4.99 Å². The summed E-state index contributed by atoms with van der Waals surface area (Å²) in [6.07, 6.45) is -0.339. The third kappa shape index (κ3) is 6.87. The van der Waals surface area contributed by atoms with Crippen LogP contribution in [0.5, 0.6) is 11.5 Å². The van der Waals surface area contributed by atoms with Crippen LogP contribution in [-0.4, -0.2) is 38.4 Å². The Hall–Kier alpha value is -2.07. The third-order valence-corrected chi connectivity index (χ3v) is 3.87.